The third-order valence-corrected chi connectivity index (χ3v) is 5.27. The molecule has 2 aromatic rings. The van der Waals surface area contributed by atoms with Gasteiger partial charge in [-0.2, -0.15) is 0 Å². The standard InChI is InChI=1S/C19H20ClFN2OS/c20-15-5-3-4-14(8-15)12-25-13-19(24)22-17-9-16(21)10-18(11-17)23-6-1-2-7-23/h3-5,8-11H,1-2,6-7,12-13H2,(H,22,24). The van der Waals surface area contributed by atoms with E-state index in [0.29, 0.717) is 22.2 Å². The summed E-state index contributed by atoms with van der Waals surface area (Å²) in [7, 11) is 0. The van der Waals surface area contributed by atoms with E-state index in [2.05, 4.69) is 10.2 Å². The van der Waals surface area contributed by atoms with E-state index in [4.69, 9.17) is 11.6 Å². The van der Waals surface area contributed by atoms with Crippen LogP contribution in [0.25, 0.3) is 0 Å². The first kappa shape index (κ1) is 18.1. The smallest absolute Gasteiger partial charge is 0.234 e. The van der Waals surface area contributed by atoms with Gasteiger partial charge in [-0.1, -0.05) is 23.7 Å². The Hall–Kier alpha value is -1.72. The molecule has 0 atom stereocenters. The quantitative estimate of drug-likeness (QED) is 0.771. The summed E-state index contributed by atoms with van der Waals surface area (Å²) in [4.78, 5) is 14.3. The molecule has 6 heteroatoms. The van der Waals surface area contributed by atoms with Crippen LogP contribution in [0, 0.1) is 5.82 Å². The Morgan fingerprint density at radius 1 is 1.20 bits per heavy atom. The molecule has 0 spiro atoms. The maximum absolute atomic E-state index is 13.8. The Morgan fingerprint density at radius 3 is 2.76 bits per heavy atom. The van der Waals surface area contributed by atoms with Crippen LogP contribution in [0.1, 0.15) is 18.4 Å². The second kappa shape index (κ2) is 8.59. The predicted molar refractivity (Wildman–Crippen MR) is 104 cm³/mol. The molecule has 3 nitrogen and oxygen atoms in total. The van der Waals surface area contributed by atoms with Crippen LogP contribution in [0.4, 0.5) is 15.8 Å². The van der Waals surface area contributed by atoms with Crippen LogP contribution in [-0.4, -0.2) is 24.7 Å². The van der Waals surface area contributed by atoms with Crippen LogP contribution >= 0.6 is 23.4 Å². The van der Waals surface area contributed by atoms with Crippen molar-refractivity contribution in [2.24, 2.45) is 0 Å². The summed E-state index contributed by atoms with van der Waals surface area (Å²) in [5.74, 6) is 0.550. The second-order valence-corrected chi connectivity index (χ2v) is 7.49. The number of hydrogen-bond donors (Lipinski definition) is 1. The molecule has 1 aliphatic heterocycles. The number of halogens is 2. The molecule has 2 aromatic carbocycles. The molecule has 1 aliphatic rings. The Kier molecular flexibility index (Phi) is 6.21. The van der Waals surface area contributed by atoms with E-state index < -0.39 is 0 Å². The highest BCUT2D eigenvalue weighted by molar-refractivity contribution is 7.99. The van der Waals surface area contributed by atoms with Crippen LogP contribution in [0.2, 0.25) is 5.02 Å². The van der Waals surface area contributed by atoms with E-state index in [-0.39, 0.29) is 11.7 Å². The topological polar surface area (TPSA) is 32.3 Å². The third kappa shape index (κ3) is 5.38. The molecule has 3 rings (SSSR count). The fraction of sp³-hybridized carbons (Fsp3) is 0.316. The van der Waals surface area contributed by atoms with E-state index >= 15 is 0 Å². The Bertz CT molecular complexity index is 750. The average molecular weight is 379 g/mol. The van der Waals surface area contributed by atoms with Crippen LogP contribution < -0.4 is 10.2 Å². The fourth-order valence-corrected chi connectivity index (χ4v) is 3.88. The summed E-state index contributed by atoms with van der Waals surface area (Å²) in [5.41, 5.74) is 2.42. The summed E-state index contributed by atoms with van der Waals surface area (Å²) in [6.45, 7) is 1.87. The molecule has 1 saturated heterocycles. The van der Waals surface area contributed by atoms with Crippen molar-refractivity contribution < 1.29 is 9.18 Å². The molecule has 132 valence electrons. The molecular formula is C19H20ClFN2OS. The van der Waals surface area contributed by atoms with Crippen molar-refractivity contribution in [3.63, 3.8) is 0 Å². The zero-order valence-corrected chi connectivity index (χ0v) is 15.4. The van der Waals surface area contributed by atoms with Gasteiger partial charge < -0.3 is 10.2 Å². The van der Waals surface area contributed by atoms with Crippen molar-refractivity contribution in [1.29, 1.82) is 0 Å². The molecule has 1 amide bonds. The van der Waals surface area contributed by atoms with Gasteiger partial charge in [0.05, 0.1) is 5.75 Å². The molecule has 0 aromatic heterocycles. The zero-order chi connectivity index (χ0) is 17.6. The van der Waals surface area contributed by atoms with Crippen LogP contribution in [0.15, 0.2) is 42.5 Å². The number of carbonyl (C=O) groups excluding carboxylic acids is 1. The zero-order valence-electron chi connectivity index (χ0n) is 13.8. The molecule has 0 saturated carbocycles. The fourth-order valence-electron chi connectivity index (χ4n) is 2.89. The first-order chi connectivity index (χ1) is 12.1. The molecule has 0 radical (unpaired) electrons. The van der Waals surface area contributed by atoms with Crippen molar-refractivity contribution in [2.75, 3.05) is 29.1 Å². The Balaban J connectivity index is 1.53. The van der Waals surface area contributed by atoms with Gasteiger partial charge >= 0.3 is 0 Å². The van der Waals surface area contributed by atoms with Gasteiger partial charge in [0.2, 0.25) is 5.91 Å². The van der Waals surface area contributed by atoms with E-state index in [1.165, 1.54) is 23.9 Å². The number of benzene rings is 2. The minimum absolute atomic E-state index is 0.134. The van der Waals surface area contributed by atoms with Crippen LogP contribution in [0.3, 0.4) is 0 Å². The average Bonchev–Trinajstić information content (AvgIpc) is 3.09. The second-order valence-electron chi connectivity index (χ2n) is 6.06. The summed E-state index contributed by atoms with van der Waals surface area (Å²) >= 11 is 7.45. The van der Waals surface area contributed by atoms with Gasteiger partial charge in [0, 0.05) is 35.2 Å². The number of thioether (sulfide) groups is 1. The number of nitrogens with zero attached hydrogens (tertiary/aromatic N) is 1. The van der Waals surface area contributed by atoms with E-state index in [1.807, 2.05) is 30.3 Å². The number of hydrogen-bond acceptors (Lipinski definition) is 3. The van der Waals surface area contributed by atoms with E-state index in [1.54, 1.807) is 0 Å². The van der Waals surface area contributed by atoms with Gasteiger partial charge in [0.15, 0.2) is 0 Å². The number of carbonyl (C=O) groups is 1. The van der Waals surface area contributed by atoms with Crippen LogP contribution in [-0.2, 0) is 10.5 Å². The first-order valence-electron chi connectivity index (χ1n) is 8.28. The van der Waals surface area contributed by atoms with Gasteiger partial charge in [-0.15, -0.1) is 11.8 Å². The van der Waals surface area contributed by atoms with Crippen molar-refractivity contribution >= 4 is 40.6 Å². The van der Waals surface area contributed by atoms with Gasteiger partial charge in [0.25, 0.3) is 0 Å². The minimum Gasteiger partial charge on any atom is -0.371 e. The maximum atomic E-state index is 13.8. The monoisotopic (exact) mass is 378 g/mol. The lowest BCUT2D eigenvalue weighted by Gasteiger charge is -2.18. The van der Waals surface area contributed by atoms with Crippen molar-refractivity contribution in [3.05, 3.63) is 58.9 Å². The lowest BCUT2D eigenvalue weighted by atomic mass is 10.2. The van der Waals surface area contributed by atoms with Gasteiger partial charge in [0.1, 0.15) is 5.82 Å². The number of nitrogens with one attached hydrogen (secondary N) is 1. The van der Waals surface area contributed by atoms with Crippen molar-refractivity contribution in [1.82, 2.24) is 0 Å². The summed E-state index contributed by atoms with van der Waals surface area (Å²) < 4.78 is 13.8. The Morgan fingerprint density at radius 2 is 2.00 bits per heavy atom. The van der Waals surface area contributed by atoms with Gasteiger partial charge in [-0.05, 0) is 48.7 Å². The Labute approximate surface area is 156 Å². The largest absolute Gasteiger partial charge is 0.371 e. The highest BCUT2D eigenvalue weighted by Crippen LogP contribution is 2.25. The first-order valence-corrected chi connectivity index (χ1v) is 9.81. The molecule has 0 unspecified atom stereocenters. The molecule has 0 bridgehead atoms. The lowest BCUT2D eigenvalue weighted by Crippen LogP contribution is -2.19. The summed E-state index contributed by atoms with van der Waals surface area (Å²) in [5, 5.41) is 3.48. The normalized spacial score (nSPS) is 13.9. The van der Waals surface area contributed by atoms with Crippen LogP contribution in [0.5, 0.6) is 0 Å². The van der Waals surface area contributed by atoms with Gasteiger partial charge in [-0.25, -0.2) is 4.39 Å². The predicted octanol–water partition coefficient (Wildman–Crippen LogP) is 4.95. The summed E-state index contributed by atoms with van der Waals surface area (Å²) in [6, 6.07) is 12.3. The SMILES string of the molecule is O=C(CSCc1cccc(Cl)c1)Nc1cc(F)cc(N2CCCC2)c1. The van der Waals surface area contributed by atoms with Crippen molar-refractivity contribution in [3.8, 4) is 0 Å². The molecule has 25 heavy (non-hydrogen) atoms. The number of rotatable bonds is 6. The lowest BCUT2D eigenvalue weighted by molar-refractivity contribution is -0.113. The highest BCUT2D eigenvalue weighted by Gasteiger charge is 2.14. The molecule has 1 fully saturated rings. The van der Waals surface area contributed by atoms with E-state index in [9.17, 15) is 9.18 Å². The third-order valence-electron chi connectivity index (χ3n) is 4.03. The molecular weight excluding hydrogens is 359 g/mol. The molecule has 0 aliphatic carbocycles. The molecule has 1 heterocycles. The minimum atomic E-state index is -0.328. The highest BCUT2D eigenvalue weighted by atomic mass is 35.5. The van der Waals surface area contributed by atoms with E-state index in [0.717, 1.165) is 37.2 Å². The summed E-state index contributed by atoms with van der Waals surface area (Å²) in [6.07, 6.45) is 2.25. The van der Waals surface area contributed by atoms with Crippen molar-refractivity contribution in [2.45, 2.75) is 18.6 Å². The molecule has 1 N–H and O–H groups in total. The number of amides is 1. The maximum Gasteiger partial charge on any atom is 0.234 e. The number of anilines is 2. The van der Waals surface area contributed by atoms with Gasteiger partial charge in [-0.3, -0.25) is 4.79 Å².